The summed E-state index contributed by atoms with van der Waals surface area (Å²) in [6.45, 7) is 6.81. The summed E-state index contributed by atoms with van der Waals surface area (Å²) >= 11 is 0. The number of benzene rings is 1. The van der Waals surface area contributed by atoms with Crippen LogP contribution in [0.25, 0.3) is 10.9 Å². The number of phenols is 1. The fourth-order valence-corrected chi connectivity index (χ4v) is 3.34. The zero-order valence-corrected chi connectivity index (χ0v) is 17.1. The fraction of sp³-hybridized carbons (Fsp3) is 0.409. The molecule has 29 heavy (non-hydrogen) atoms. The van der Waals surface area contributed by atoms with Crippen LogP contribution in [0, 0.1) is 0 Å². The highest BCUT2D eigenvalue weighted by molar-refractivity contribution is 5.95. The third kappa shape index (κ3) is 3.82. The van der Waals surface area contributed by atoms with Gasteiger partial charge in [0.25, 0.3) is 5.91 Å². The van der Waals surface area contributed by atoms with Crippen molar-refractivity contribution in [3.8, 4) is 5.75 Å². The molecular formula is C22H26N2O5. The van der Waals surface area contributed by atoms with Crippen LogP contribution in [0.5, 0.6) is 5.75 Å². The number of aromatic hydroxyl groups is 1. The Morgan fingerprint density at radius 2 is 2.14 bits per heavy atom. The van der Waals surface area contributed by atoms with Crippen LogP contribution in [0.1, 0.15) is 51.4 Å². The minimum atomic E-state index is -1.58. The summed E-state index contributed by atoms with van der Waals surface area (Å²) in [5, 5.41) is 20.7. The second-order valence-electron chi connectivity index (χ2n) is 7.50. The van der Waals surface area contributed by atoms with Gasteiger partial charge in [0, 0.05) is 11.9 Å². The number of amides is 1. The number of carbonyl (C=O) groups is 2. The van der Waals surface area contributed by atoms with Crippen molar-refractivity contribution in [3.63, 3.8) is 0 Å². The average Bonchev–Trinajstić information content (AvgIpc) is 3.03. The Hall–Kier alpha value is -2.93. The van der Waals surface area contributed by atoms with Crippen LogP contribution in [-0.2, 0) is 20.9 Å². The Balaban J connectivity index is 1.79. The molecule has 0 radical (unpaired) electrons. The third-order valence-electron chi connectivity index (χ3n) is 5.52. The SMILES string of the molecule is C/C=C(/COC(=O)[C@](C)(O)CC)C(=O)N1Cc2cc3c(O)cccc3nc2C1C. The van der Waals surface area contributed by atoms with E-state index in [1.54, 1.807) is 37.0 Å². The molecule has 7 nitrogen and oxygen atoms in total. The molecule has 1 amide bonds. The fourth-order valence-electron chi connectivity index (χ4n) is 3.34. The molecule has 1 aromatic carbocycles. The predicted molar refractivity (Wildman–Crippen MR) is 108 cm³/mol. The van der Waals surface area contributed by atoms with E-state index in [0.29, 0.717) is 23.0 Å². The van der Waals surface area contributed by atoms with Crippen LogP contribution in [0.3, 0.4) is 0 Å². The van der Waals surface area contributed by atoms with E-state index in [0.717, 1.165) is 11.3 Å². The molecule has 3 rings (SSSR count). The number of carbonyl (C=O) groups excluding carboxylic acids is 2. The van der Waals surface area contributed by atoms with E-state index in [4.69, 9.17) is 4.74 Å². The van der Waals surface area contributed by atoms with Gasteiger partial charge in [-0.25, -0.2) is 4.79 Å². The molecule has 1 aromatic heterocycles. The van der Waals surface area contributed by atoms with Gasteiger partial charge in [0.05, 0.1) is 22.8 Å². The Bertz CT molecular complexity index is 996. The Kier molecular flexibility index (Phi) is 5.61. The molecule has 0 bridgehead atoms. The summed E-state index contributed by atoms with van der Waals surface area (Å²) in [5.41, 5.74) is 1.09. The van der Waals surface area contributed by atoms with E-state index in [1.165, 1.54) is 6.92 Å². The maximum absolute atomic E-state index is 13.1. The molecule has 1 aliphatic rings. The first-order valence-corrected chi connectivity index (χ1v) is 9.66. The number of pyridine rings is 1. The number of allylic oxidation sites excluding steroid dienone is 1. The minimum Gasteiger partial charge on any atom is -0.507 e. The summed E-state index contributed by atoms with van der Waals surface area (Å²) in [5.74, 6) is -0.859. The molecular weight excluding hydrogens is 372 g/mol. The van der Waals surface area contributed by atoms with Gasteiger partial charge >= 0.3 is 5.97 Å². The second kappa shape index (κ2) is 7.83. The number of aliphatic hydroxyl groups is 1. The summed E-state index contributed by atoms with van der Waals surface area (Å²) < 4.78 is 5.17. The van der Waals surface area contributed by atoms with Crippen molar-refractivity contribution >= 4 is 22.8 Å². The number of hydrogen-bond acceptors (Lipinski definition) is 6. The molecule has 1 aliphatic heterocycles. The molecule has 2 heterocycles. The average molecular weight is 398 g/mol. The largest absolute Gasteiger partial charge is 0.507 e. The molecule has 7 heteroatoms. The molecule has 0 saturated carbocycles. The number of phenolic OH excluding ortho intramolecular Hbond substituents is 1. The third-order valence-corrected chi connectivity index (χ3v) is 5.52. The maximum atomic E-state index is 13.1. The number of hydrogen-bond donors (Lipinski definition) is 2. The van der Waals surface area contributed by atoms with Gasteiger partial charge in [0.1, 0.15) is 12.4 Å². The standard InChI is InChI=1S/C22H26N2O5/c1-5-14(12-29-21(27)22(4,28)6-2)20(26)24-11-15-10-16-17(8-7-9-18(16)25)23-19(15)13(24)3/h5,7-10,13,25,28H,6,11-12H2,1-4H3/b14-5-/t13?,22-/m1/s1. The highest BCUT2D eigenvalue weighted by Crippen LogP contribution is 2.36. The normalized spacial score (nSPS) is 18.4. The van der Waals surface area contributed by atoms with Crippen molar-refractivity contribution in [2.45, 2.75) is 52.3 Å². The molecule has 1 unspecified atom stereocenters. The monoisotopic (exact) mass is 398 g/mol. The van der Waals surface area contributed by atoms with Crippen molar-refractivity contribution in [3.05, 3.63) is 47.2 Å². The van der Waals surface area contributed by atoms with Crippen molar-refractivity contribution in [1.82, 2.24) is 9.88 Å². The highest BCUT2D eigenvalue weighted by Gasteiger charge is 2.35. The number of esters is 1. The first kappa shape index (κ1) is 20.8. The van der Waals surface area contributed by atoms with E-state index >= 15 is 0 Å². The van der Waals surface area contributed by atoms with Gasteiger partial charge in [-0.15, -0.1) is 0 Å². The molecule has 0 fully saturated rings. The lowest BCUT2D eigenvalue weighted by Gasteiger charge is -2.24. The van der Waals surface area contributed by atoms with E-state index in [9.17, 15) is 19.8 Å². The Morgan fingerprint density at radius 3 is 2.79 bits per heavy atom. The molecule has 0 spiro atoms. The summed E-state index contributed by atoms with van der Waals surface area (Å²) in [6.07, 6.45) is 1.83. The second-order valence-corrected chi connectivity index (χ2v) is 7.50. The number of fused-ring (bicyclic) bond motifs is 2. The number of rotatable bonds is 5. The lowest BCUT2D eigenvalue weighted by atomic mass is 10.0. The summed E-state index contributed by atoms with van der Waals surface area (Å²) in [6, 6.07) is 6.77. The summed E-state index contributed by atoms with van der Waals surface area (Å²) in [4.78, 5) is 31.4. The Labute approximate surface area is 169 Å². The smallest absolute Gasteiger partial charge is 0.338 e. The number of aromatic nitrogens is 1. The molecule has 2 atom stereocenters. The lowest BCUT2D eigenvalue weighted by Crippen LogP contribution is -2.37. The van der Waals surface area contributed by atoms with Crippen LogP contribution in [0.2, 0.25) is 0 Å². The zero-order valence-electron chi connectivity index (χ0n) is 17.1. The molecule has 0 saturated heterocycles. The first-order valence-electron chi connectivity index (χ1n) is 9.66. The summed E-state index contributed by atoms with van der Waals surface area (Å²) in [7, 11) is 0. The van der Waals surface area contributed by atoms with Crippen molar-refractivity contribution in [2.75, 3.05) is 6.61 Å². The van der Waals surface area contributed by atoms with Crippen molar-refractivity contribution in [1.29, 1.82) is 0 Å². The molecule has 154 valence electrons. The van der Waals surface area contributed by atoms with Gasteiger partial charge in [-0.3, -0.25) is 9.78 Å². The van der Waals surface area contributed by atoms with Gasteiger partial charge in [0.15, 0.2) is 5.60 Å². The van der Waals surface area contributed by atoms with E-state index in [2.05, 4.69) is 4.98 Å². The first-order chi connectivity index (χ1) is 13.7. The zero-order chi connectivity index (χ0) is 21.3. The van der Waals surface area contributed by atoms with Gasteiger partial charge in [0.2, 0.25) is 0 Å². The lowest BCUT2D eigenvalue weighted by molar-refractivity contribution is -0.163. The molecule has 2 N–H and O–H groups in total. The molecule has 2 aromatic rings. The minimum absolute atomic E-state index is 0.152. The maximum Gasteiger partial charge on any atom is 0.338 e. The molecule has 0 aliphatic carbocycles. The number of nitrogens with zero attached hydrogens (tertiary/aromatic N) is 2. The predicted octanol–water partition coefficient (Wildman–Crippen LogP) is 2.99. The van der Waals surface area contributed by atoms with Crippen LogP contribution < -0.4 is 0 Å². The van der Waals surface area contributed by atoms with Gasteiger partial charge in [-0.2, -0.15) is 0 Å². The van der Waals surface area contributed by atoms with Crippen LogP contribution in [-0.4, -0.2) is 44.2 Å². The topological polar surface area (TPSA) is 100.0 Å². The van der Waals surface area contributed by atoms with Crippen molar-refractivity contribution < 1.29 is 24.5 Å². The van der Waals surface area contributed by atoms with Gasteiger partial charge < -0.3 is 19.8 Å². The highest BCUT2D eigenvalue weighted by atomic mass is 16.5. The van der Waals surface area contributed by atoms with E-state index < -0.39 is 11.6 Å². The van der Waals surface area contributed by atoms with Gasteiger partial charge in [-0.05, 0) is 51.0 Å². The van der Waals surface area contributed by atoms with Crippen LogP contribution in [0.4, 0.5) is 0 Å². The van der Waals surface area contributed by atoms with Crippen molar-refractivity contribution in [2.24, 2.45) is 0 Å². The quantitative estimate of drug-likeness (QED) is 0.593. The van der Waals surface area contributed by atoms with E-state index in [-0.39, 0.29) is 30.7 Å². The van der Waals surface area contributed by atoms with Crippen LogP contribution >= 0.6 is 0 Å². The van der Waals surface area contributed by atoms with E-state index in [1.807, 2.05) is 19.1 Å². The number of ether oxygens (including phenoxy) is 1. The van der Waals surface area contributed by atoms with Crippen LogP contribution in [0.15, 0.2) is 35.9 Å². The Morgan fingerprint density at radius 1 is 1.41 bits per heavy atom. The van der Waals surface area contributed by atoms with Gasteiger partial charge in [-0.1, -0.05) is 19.1 Å².